The number of aliphatic hydroxyl groups is 1. The third-order valence-corrected chi connectivity index (χ3v) is 3.00. The van der Waals surface area contributed by atoms with Gasteiger partial charge < -0.3 is 15.2 Å². The number of ether oxygens (including phenoxy) is 1. The number of halogens is 1. The van der Waals surface area contributed by atoms with Gasteiger partial charge >= 0.3 is 0 Å². The SMILES string of the molecule is CC(C)CC(O)CNC(=O)C(C)Oc1ccc(Cl)cc1. The highest BCUT2D eigenvalue weighted by molar-refractivity contribution is 6.30. The average Bonchev–Trinajstić information content (AvgIpc) is 2.37. The van der Waals surface area contributed by atoms with Crippen molar-refractivity contribution in [3.05, 3.63) is 29.3 Å². The first kappa shape index (κ1) is 16.8. The molecule has 0 fully saturated rings. The maximum absolute atomic E-state index is 11.8. The van der Waals surface area contributed by atoms with Crippen molar-refractivity contribution < 1.29 is 14.6 Å². The second-order valence-corrected chi connectivity index (χ2v) is 5.68. The smallest absolute Gasteiger partial charge is 0.260 e. The number of aliphatic hydroxyl groups excluding tert-OH is 1. The summed E-state index contributed by atoms with van der Waals surface area (Å²) in [6.07, 6.45) is -0.490. The number of carbonyl (C=O) groups is 1. The van der Waals surface area contributed by atoms with Crippen LogP contribution in [0, 0.1) is 5.92 Å². The van der Waals surface area contributed by atoms with Gasteiger partial charge in [-0.05, 0) is 43.5 Å². The molecule has 0 radical (unpaired) electrons. The Kier molecular flexibility index (Phi) is 6.82. The summed E-state index contributed by atoms with van der Waals surface area (Å²) in [5.41, 5.74) is 0. The minimum atomic E-state index is -0.623. The predicted octanol–water partition coefficient (Wildman–Crippen LogP) is 2.63. The average molecular weight is 300 g/mol. The van der Waals surface area contributed by atoms with Gasteiger partial charge in [-0.15, -0.1) is 0 Å². The number of amides is 1. The lowest BCUT2D eigenvalue weighted by Gasteiger charge is -2.17. The van der Waals surface area contributed by atoms with E-state index < -0.39 is 12.2 Å². The Labute approximate surface area is 125 Å². The van der Waals surface area contributed by atoms with Crippen LogP contribution in [0.15, 0.2) is 24.3 Å². The van der Waals surface area contributed by atoms with Crippen molar-refractivity contribution in [1.82, 2.24) is 5.32 Å². The molecule has 5 heteroatoms. The van der Waals surface area contributed by atoms with Crippen LogP contribution >= 0.6 is 11.6 Å². The fraction of sp³-hybridized carbons (Fsp3) is 0.533. The third-order valence-electron chi connectivity index (χ3n) is 2.75. The highest BCUT2D eigenvalue weighted by atomic mass is 35.5. The summed E-state index contributed by atoms with van der Waals surface area (Å²) in [7, 11) is 0. The van der Waals surface area contributed by atoms with Crippen LogP contribution < -0.4 is 10.1 Å². The summed E-state index contributed by atoms with van der Waals surface area (Å²) in [6.45, 7) is 5.96. The highest BCUT2D eigenvalue weighted by Gasteiger charge is 2.16. The molecule has 2 unspecified atom stereocenters. The molecular weight excluding hydrogens is 278 g/mol. The Morgan fingerprint density at radius 2 is 1.90 bits per heavy atom. The summed E-state index contributed by atoms with van der Waals surface area (Å²) in [5, 5.41) is 13.0. The normalized spacial score (nSPS) is 13.9. The molecule has 0 aliphatic carbocycles. The second-order valence-electron chi connectivity index (χ2n) is 5.24. The Morgan fingerprint density at radius 3 is 2.45 bits per heavy atom. The predicted molar refractivity (Wildman–Crippen MR) is 80.0 cm³/mol. The molecule has 0 saturated heterocycles. The van der Waals surface area contributed by atoms with Gasteiger partial charge in [0, 0.05) is 11.6 Å². The second kappa shape index (κ2) is 8.12. The number of nitrogens with one attached hydrogen (secondary N) is 1. The molecule has 112 valence electrons. The van der Waals surface area contributed by atoms with Crippen molar-refractivity contribution >= 4 is 17.5 Å². The van der Waals surface area contributed by atoms with E-state index in [0.717, 1.165) is 0 Å². The van der Waals surface area contributed by atoms with Gasteiger partial charge in [-0.25, -0.2) is 0 Å². The van der Waals surface area contributed by atoms with Gasteiger partial charge in [-0.3, -0.25) is 4.79 Å². The van der Waals surface area contributed by atoms with Crippen LogP contribution in [0.2, 0.25) is 5.02 Å². The molecule has 1 rings (SSSR count). The Morgan fingerprint density at radius 1 is 1.30 bits per heavy atom. The summed E-state index contributed by atoms with van der Waals surface area (Å²) in [4.78, 5) is 11.8. The lowest BCUT2D eigenvalue weighted by atomic mass is 10.1. The molecule has 0 aliphatic rings. The van der Waals surface area contributed by atoms with Gasteiger partial charge in [-0.1, -0.05) is 25.4 Å². The van der Waals surface area contributed by atoms with Crippen molar-refractivity contribution in [2.24, 2.45) is 5.92 Å². The van der Waals surface area contributed by atoms with E-state index in [1.54, 1.807) is 31.2 Å². The molecule has 0 bridgehead atoms. The third kappa shape index (κ3) is 6.26. The molecule has 1 amide bonds. The molecular formula is C15H22ClNO3. The van der Waals surface area contributed by atoms with Crippen LogP contribution in [0.3, 0.4) is 0 Å². The quantitative estimate of drug-likeness (QED) is 0.814. The topological polar surface area (TPSA) is 58.6 Å². The fourth-order valence-electron chi connectivity index (χ4n) is 1.76. The first-order chi connectivity index (χ1) is 9.38. The van der Waals surface area contributed by atoms with E-state index in [-0.39, 0.29) is 12.5 Å². The molecule has 0 saturated carbocycles. The zero-order chi connectivity index (χ0) is 15.1. The zero-order valence-electron chi connectivity index (χ0n) is 12.1. The minimum Gasteiger partial charge on any atom is -0.481 e. The van der Waals surface area contributed by atoms with Crippen LogP contribution in [0.4, 0.5) is 0 Å². The van der Waals surface area contributed by atoms with E-state index in [2.05, 4.69) is 5.32 Å². The molecule has 20 heavy (non-hydrogen) atoms. The minimum absolute atomic E-state index is 0.241. The maximum Gasteiger partial charge on any atom is 0.260 e. The molecule has 4 nitrogen and oxygen atoms in total. The van der Waals surface area contributed by atoms with E-state index in [1.165, 1.54) is 0 Å². The van der Waals surface area contributed by atoms with E-state index in [1.807, 2.05) is 13.8 Å². The summed E-state index contributed by atoms with van der Waals surface area (Å²) in [5.74, 6) is 0.729. The number of carbonyl (C=O) groups excluding carboxylic acids is 1. The zero-order valence-corrected chi connectivity index (χ0v) is 12.9. The maximum atomic E-state index is 11.8. The highest BCUT2D eigenvalue weighted by Crippen LogP contribution is 2.16. The van der Waals surface area contributed by atoms with Crippen LogP contribution in [-0.4, -0.2) is 29.8 Å². The monoisotopic (exact) mass is 299 g/mol. The fourth-order valence-corrected chi connectivity index (χ4v) is 1.89. The summed E-state index contributed by atoms with van der Waals surface area (Å²) < 4.78 is 5.49. The number of hydrogen-bond acceptors (Lipinski definition) is 3. The molecule has 1 aromatic rings. The largest absolute Gasteiger partial charge is 0.481 e. The Hall–Kier alpha value is -1.26. The van der Waals surface area contributed by atoms with Crippen LogP contribution in [0.1, 0.15) is 27.2 Å². The van der Waals surface area contributed by atoms with Crippen molar-refractivity contribution in [1.29, 1.82) is 0 Å². The van der Waals surface area contributed by atoms with Gasteiger partial charge in [0.1, 0.15) is 5.75 Å². The van der Waals surface area contributed by atoms with Crippen molar-refractivity contribution in [3.63, 3.8) is 0 Å². The number of benzene rings is 1. The van der Waals surface area contributed by atoms with Crippen LogP contribution in [0.25, 0.3) is 0 Å². The Bertz CT molecular complexity index is 420. The van der Waals surface area contributed by atoms with E-state index in [9.17, 15) is 9.90 Å². The number of rotatable bonds is 7. The van der Waals surface area contributed by atoms with Gasteiger partial charge in [-0.2, -0.15) is 0 Å². The first-order valence-electron chi connectivity index (χ1n) is 6.76. The van der Waals surface area contributed by atoms with E-state index >= 15 is 0 Å². The van der Waals surface area contributed by atoms with Crippen molar-refractivity contribution in [3.8, 4) is 5.75 Å². The van der Waals surface area contributed by atoms with Gasteiger partial charge in [0.2, 0.25) is 0 Å². The molecule has 2 atom stereocenters. The first-order valence-corrected chi connectivity index (χ1v) is 7.14. The molecule has 2 N–H and O–H groups in total. The van der Waals surface area contributed by atoms with E-state index in [0.29, 0.717) is 23.1 Å². The molecule has 1 aromatic carbocycles. The molecule has 0 aliphatic heterocycles. The molecule has 0 aromatic heterocycles. The van der Waals surface area contributed by atoms with Crippen LogP contribution in [-0.2, 0) is 4.79 Å². The molecule has 0 spiro atoms. The lowest BCUT2D eigenvalue weighted by Crippen LogP contribution is -2.40. The summed E-state index contributed by atoms with van der Waals surface area (Å²) in [6, 6.07) is 6.82. The van der Waals surface area contributed by atoms with Crippen molar-refractivity contribution in [2.45, 2.75) is 39.4 Å². The Balaban J connectivity index is 2.37. The lowest BCUT2D eigenvalue weighted by molar-refractivity contribution is -0.127. The van der Waals surface area contributed by atoms with Gasteiger partial charge in [0.05, 0.1) is 6.10 Å². The van der Waals surface area contributed by atoms with Crippen LogP contribution in [0.5, 0.6) is 5.75 Å². The van der Waals surface area contributed by atoms with Gasteiger partial charge in [0.25, 0.3) is 5.91 Å². The summed E-state index contributed by atoms with van der Waals surface area (Å²) >= 11 is 5.77. The van der Waals surface area contributed by atoms with E-state index in [4.69, 9.17) is 16.3 Å². The van der Waals surface area contributed by atoms with Gasteiger partial charge in [0.15, 0.2) is 6.10 Å². The van der Waals surface area contributed by atoms with Crippen molar-refractivity contribution in [2.75, 3.05) is 6.54 Å². The standard InChI is InChI=1S/C15H22ClNO3/c1-10(2)8-13(18)9-17-15(19)11(3)20-14-6-4-12(16)5-7-14/h4-7,10-11,13,18H,8-9H2,1-3H3,(H,17,19). The number of hydrogen-bond donors (Lipinski definition) is 2. The molecule has 0 heterocycles.